The van der Waals surface area contributed by atoms with Crippen LogP contribution in [0.25, 0.3) is 0 Å². The van der Waals surface area contributed by atoms with Crippen LogP contribution >= 0.6 is 0 Å². The minimum absolute atomic E-state index is 0.0452. The first kappa shape index (κ1) is 19.1. The number of aliphatic hydroxyl groups excluding tert-OH is 1. The molecule has 1 aliphatic heterocycles. The van der Waals surface area contributed by atoms with Crippen molar-refractivity contribution in [3.8, 4) is 0 Å². The molecule has 0 spiro atoms. The number of hydrogen-bond acceptors (Lipinski definition) is 9. The minimum atomic E-state index is -0.525. The molecule has 1 saturated heterocycles. The summed E-state index contributed by atoms with van der Waals surface area (Å²) in [5.41, 5.74) is 5.58. The van der Waals surface area contributed by atoms with Gasteiger partial charge in [0, 0.05) is 19.6 Å². The third-order valence-corrected chi connectivity index (χ3v) is 4.01. The summed E-state index contributed by atoms with van der Waals surface area (Å²) >= 11 is 0. The van der Waals surface area contributed by atoms with E-state index in [4.69, 9.17) is 15.6 Å². The topological polar surface area (TPSA) is 140 Å². The first-order chi connectivity index (χ1) is 11.9. The number of nitrogens with zero attached hydrogens (tertiary/aromatic N) is 4. The lowest BCUT2D eigenvalue weighted by atomic mass is 9.92. The molecule has 0 aromatic carbocycles. The van der Waals surface area contributed by atoms with Gasteiger partial charge in [0.05, 0.1) is 24.7 Å². The van der Waals surface area contributed by atoms with E-state index >= 15 is 0 Å². The highest BCUT2D eigenvalue weighted by molar-refractivity contribution is 5.71. The van der Waals surface area contributed by atoms with Gasteiger partial charge in [0.1, 0.15) is 0 Å². The van der Waals surface area contributed by atoms with Crippen LogP contribution in [-0.2, 0) is 4.74 Å². The Balaban J connectivity index is 2.21. The number of aromatic nitrogens is 2. The molecule has 0 aliphatic carbocycles. The van der Waals surface area contributed by atoms with Gasteiger partial charge >= 0.3 is 5.69 Å². The van der Waals surface area contributed by atoms with E-state index in [0.29, 0.717) is 38.1 Å². The zero-order valence-electron chi connectivity index (χ0n) is 14.6. The van der Waals surface area contributed by atoms with Crippen LogP contribution < -0.4 is 16.0 Å². The maximum atomic E-state index is 11.4. The second kappa shape index (κ2) is 8.77. The fourth-order valence-electron chi connectivity index (χ4n) is 3.17. The van der Waals surface area contributed by atoms with Gasteiger partial charge in [-0.3, -0.25) is 10.1 Å². The quantitative estimate of drug-likeness (QED) is 0.352. The number of piperidine rings is 1. The van der Waals surface area contributed by atoms with E-state index in [0.717, 1.165) is 6.42 Å². The maximum absolute atomic E-state index is 11.4. The molecule has 0 amide bonds. The molecule has 2 atom stereocenters. The molecule has 0 radical (unpaired) electrons. The van der Waals surface area contributed by atoms with E-state index in [9.17, 15) is 10.1 Å². The Morgan fingerprint density at radius 1 is 1.36 bits per heavy atom. The van der Waals surface area contributed by atoms with E-state index in [1.165, 1.54) is 0 Å². The van der Waals surface area contributed by atoms with Gasteiger partial charge in [0.2, 0.25) is 17.6 Å². The summed E-state index contributed by atoms with van der Waals surface area (Å²) in [6.45, 7) is 6.60. The molecule has 0 saturated carbocycles. The zero-order valence-corrected chi connectivity index (χ0v) is 14.6. The summed E-state index contributed by atoms with van der Waals surface area (Å²) < 4.78 is 5.15. The van der Waals surface area contributed by atoms with Gasteiger partial charge in [-0.2, -0.15) is 9.97 Å². The summed E-state index contributed by atoms with van der Waals surface area (Å²) in [5, 5.41) is 23.1. The highest BCUT2D eigenvalue weighted by Gasteiger charge is 2.31. The van der Waals surface area contributed by atoms with Gasteiger partial charge < -0.3 is 25.8 Å². The van der Waals surface area contributed by atoms with Crippen molar-refractivity contribution >= 4 is 23.3 Å². The highest BCUT2D eigenvalue weighted by atomic mass is 16.6. The number of hydrogen-bond donors (Lipinski definition) is 3. The molecule has 1 aromatic heterocycles. The molecule has 1 fully saturated rings. The van der Waals surface area contributed by atoms with Crippen LogP contribution in [0.1, 0.15) is 20.3 Å². The van der Waals surface area contributed by atoms with Crippen molar-refractivity contribution in [2.45, 2.75) is 20.3 Å². The normalized spacial score (nSPS) is 20.5. The van der Waals surface area contributed by atoms with E-state index in [1.54, 1.807) is 0 Å². The second-order valence-corrected chi connectivity index (χ2v) is 6.48. The summed E-state index contributed by atoms with van der Waals surface area (Å²) in [7, 11) is 0. The van der Waals surface area contributed by atoms with Crippen LogP contribution in [0, 0.1) is 22.0 Å². The Kier molecular flexibility index (Phi) is 6.71. The number of aliphatic hydroxyl groups is 1. The van der Waals surface area contributed by atoms with E-state index in [1.807, 2.05) is 4.90 Å². The molecule has 10 heteroatoms. The summed E-state index contributed by atoms with van der Waals surface area (Å²) in [5.74, 6) is 1.18. The number of rotatable bonds is 8. The highest BCUT2D eigenvalue weighted by Crippen LogP contribution is 2.35. The average Bonchev–Trinajstić information content (AvgIpc) is 2.52. The number of nitrogens with one attached hydrogen (secondary N) is 1. The van der Waals surface area contributed by atoms with Crippen molar-refractivity contribution in [3.63, 3.8) is 0 Å². The van der Waals surface area contributed by atoms with Gasteiger partial charge in [-0.15, -0.1) is 0 Å². The molecule has 10 nitrogen and oxygen atoms in total. The lowest BCUT2D eigenvalue weighted by Crippen LogP contribution is -2.39. The van der Waals surface area contributed by atoms with Crippen LogP contribution in [0.2, 0.25) is 0 Å². The molecule has 1 aromatic rings. The van der Waals surface area contributed by atoms with Crippen LogP contribution in [0.5, 0.6) is 0 Å². The Bertz CT molecular complexity index is 590. The molecule has 0 bridgehead atoms. The van der Waals surface area contributed by atoms with Crippen molar-refractivity contribution in [3.05, 3.63) is 10.1 Å². The molecular formula is C15H26N6O4. The van der Waals surface area contributed by atoms with Crippen molar-refractivity contribution in [2.75, 3.05) is 55.4 Å². The summed E-state index contributed by atoms with van der Waals surface area (Å²) in [6, 6.07) is 0. The minimum Gasteiger partial charge on any atom is -0.394 e. The van der Waals surface area contributed by atoms with Crippen LogP contribution in [-0.4, -0.2) is 59.5 Å². The van der Waals surface area contributed by atoms with Crippen molar-refractivity contribution in [1.82, 2.24) is 9.97 Å². The van der Waals surface area contributed by atoms with E-state index < -0.39 is 4.92 Å². The third kappa shape index (κ3) is 5.13. The summed E-state index contributed by atoms with van der Waals surface area (Å²) in [4.78, 5) is 21.2. The fraction of sp³-hybridized carbons (Fsp3) is 0.733. The Labute approximate surface area is 146 Å². The van der Waals surface area contributed by atoms with Crippen LogP contribution in [0.4, 0.5) is 23.3 Å². The Hall–Kier alpha value is -2.20. The number of nitrogens with two attached hydrogens (primary N) is 1. The van der Waals surface area contributed by atoms with E-state index in [2.05, 4.69) is 29.1 Å². The first-order valence-electron chi connectivity index (χ1n) is 8.41. The van der Waals surface area contributed by atoms with Crippen LogP contribution in [0.15, 0.2) is 0 Å². The first-order valence-corrected chi connectivity index (χ1v) is 8.41. The van der Waals surface area contributed by atoms with Gasteiger partial charge in [-0.05, 0) is 18.3 Å². The van der Waals surface area contributed by atoms with Crippen LogP contribution in [0.3, 0.4) is 0 Å². The molecular weight excluding hydrogens is 328 g/mol. The number of ether oxygens (including phenoxy) is 1. The number of nitro groups is 1. The van der Waals surface area contributed by atoms with Crippen molar-refractivity contribution in [1.29, 1.82) is 0 Å². The lowest BCUT2D eigenvalue weighted by Gasteiger charge is -2.35. The second-order valence-electron chi connectivity index (χ2n) is 6.48. The monoisotopic (exact) mass is 354 g/mol. The van der Waals surface area contributed by atoms with Gasteiger partial charge in [-0.25, -0.2) is 0 Å². The molecule has 2 heterocycles. The molecule has 1 aliphatic rings. The molecule has 25 heavy (non-hydrogen) atoms. The Morgan fingerprint density at radius 3 is 2.64 bits per heavy atom. The fourth-order valence-corrected chi connectivity index (χ4v) is 3.17. The smallest absolute Gasteiger partial charge is 0.353 e. The standard InChI is InChI=1S/C15H26N6O4/c1-10-7-11(2)9-20(8-10)14-12(21(23)24)13(16)18-15(19-14)17-3-5-25-6-4-22/h10-11,22H,3-9H2,1-2H3,(H3,16,17,18,19)/t10-,11-/m1/s1. The lowest BCUT2D eigenvalue weighted by molar-refractivity contribution is -0.383. The van der Waals surface area contributed by atoms with Gasteiger partial charge in [0.25, 0.3) is 0 Å². The van der Waals surface area contributed by atoms with Gasteiger partial charge in [0.15, 0.2) is 0 Å². The third-order valence-electron chi connectivity index (χ3n) is 4.01. The number of anilines is 3. The number of nitrogen functional groups attached to an aromatic ring is 1. The van der Waals surface area contributed by atoms with E-state index in [-0.39, 0.29) is 36.5 Å². The summed E-state index contributed by atoms with van der Waals surface area (Å²) in [6.07, 6.45) is 1.08. The molecule has 4 N–H and O–H groups in total. The molecule has 0 unspecified atom stereocenters. The zero-order chi connectivity index (χ0) is 18.4. The predicted octanol–water partition coefficient (Wildman–Crippen LogP) is 0.870. The van der Waals surface area contributed by atoms with Crippen molar-refractivity contribution < 1.29 is 14.8 Å². The molecule has 140 valence electrons. The average molecular weight is 354 g/mol. The molecule has 2 rings (SSSR count). The Morgan fingerprint density at radius 2 is 2.04 bits per heavy atom. The maximum Gasteiger partial charge on any atom is 0.353 e. The van der Waals surface area contributed by atoms with Gasteiger partial charge in [-0.1, -0.05) is 13.8 Å². The predicted molar refractivity (Wildman–Crippen MR) is 94.7 cm³/mol. The SMILES string of the molecule is C[C@@H]1C[C@@H](C)CN(c2nc(NCCOCCO)nc(N)c2[N+](=O)[O-])C1. The largest absolute Gasteiger partial charge is 0.394 e. The van der Waals surface area contributed by atoms with Crippen molar-refractivity contribution in [2.24, 2.45) is 11.8 Å².